The molecule has 1 aliphatic heterocycles. The Hall–Kier alpha value is -0.680. The first-order chi connectivity index (χ1) is 8.58. The monoisotopic (exact) mass is 267 g/mol. The molecule has 3 unspecified atom stereocenters. The highest BCUT2D eigenvalue weighted by atomic mass is 16.7. The third-order valence-corrected chi connectivity index (χ3v) is 2.70. The highest BCUT2D eigenvalue weighted by Gasteiger charge is 2.46. The molecular formula is C9H17NO8. The fourth-order valence-electron chi connectivity index (χ4n) is 1.63. The minimum atomic E-state index is -1.56. The first kappa shape index (κ1) is 15.4. The van der Waals surface area contributed by atoms with E-state index in [-0.39, 0.29) is 0 Å². The van der Waals surface area contributed by atoms with Gasteiger partial charge in [-0.25, -0.2) is 0 Å². The van der Waals surface area contributed by atoms with Crippen LogP contribution in [-0.4, -0.2) is 82.1 Å². The van der Waals surface area contributed by atoms with Gasteiger partial charge in [0, 0.05) is 0 Å². The predicted octanol–water partition coefficient (Wildman–Crippen LogP) is -3.07. The van der Waals surface area contributed by atoms with E-state index in [4.69, 9.17) is 24.8 Å². The molecule has 5 N–H and O–H groups in total. The summed E-state index contributed by atoms with van der Waals surface area (Å²) in [5.74, 6) is 0. The summed E-state index contributed by atoms with van der Waals surface area (Å²) in [7, 11) is 0. The lowest BCUT2D eigenvalue weighted by atomic mass is 9.98. The molecule has 1 rings (SSSR count). The molecule has 1 saturated heterocycles. The summed E-state index contributed by atoms with van der Waals surface area (Å²) < 4.78 is 10.1. The fraction of sp³-hybridized carbons (Fsp3) is 1.00. The Bertz CT molecular complexity index is 259. The van der Waals surface area contributed by atoms with Crippen LogP contribution in [0.1, 0.15) is 0 Å². The first-order valence-corrected chi connectivity index (χ1v) is 5.41. The van der Waals surface area contributed by atoms with Gasteiger partial charge < -0.3 is 35.0 Å². The number of nitrogens with zero attached hydrogens (tertiary/aromatic N) is 1. The minimum absolute atomic E-state index is 0.523. The number of hydrogen-bond acceptors (Lipinski definition) is 9. The molecule has 9 nitrogen and oxygen atoms in total. The van der Waals surface area contributed by atoms with E-state index in [1.54, 1.807) is 0 Å². The lowest BCUT2D eigenvalue weighted by molar-refractivity contribution is -0.282. The number of rotatable bonds is 6. The molecule has 0 saturated carbocycles. The molecule has 18 heavy (non-hydrogen) atoms. The topological polar surface area (TPSA) is 149 Å². The molecule has 0 spiro atoms. The second kappa shape index (κ2) is 7.04. The van der Waals surface area contributed by atoms with Gasteiger partial charge in [-0.1, -0.05) is 5.18 Å². The molecule has 0 aliphatic carbocycles. The number of aliphatic hydroxyl groups is 5. The highest BCUT2D eigenvalue weighted by Crippen LogP contribution is 2.25. The first-order valence-electron chi connectivity index (χ1n) is 5.41. The molecule has 1 aliphatic rings. The maximum Gasteiger partial charge on any atom is 0.187 e. The Morgan fingerprint density at radius 3 is 2.22 bits per heavy atom. The predicted molar refractivity (Wildman–Crippen MR) is 56.4 cm³/mol. The van der Waals surface area contributed by atoms with Gasteiger partial charge in [0.15, 0.2) is 12.3 Å². The van der Waals surface area contributed by atoms with Crippen molar-refractivity contribution in [1.82, 2.24) is 0 Å². The SMILES string of the molecule is O=NC1C(O)[C@H](O)C(CO)O[C@H]1OC(CO)CO. The molecular weight excluding hydrogens is 250 g/mol. The van der Waals surface area contributed by atoms with Crippen molar-refractivity contribution in [2.24, 2.45) is 5.18 Å². The van der Waals surface area contributed by atoms with Crippen LogP contribution in [0.15, 0.2) is 5.18 Å². The summed E-state index contributed by atoms with van der Waals surface area (Å²) >= 11 is 0. The lowest BCUT2D eigenvalue weighted by Gasteiger charge is -2.39. The summed E-state index contributed by atoms with van der Waals surface area (Å²) in [6, 6.07) is -1.41. The van der Waals surface area contributed by atoms with E-state index in [1.807, 2.05) is 0 Å². The van der Waals surface area contributed by atoms with Crippen molar-refractivity contribution >= 4 is 0 Å². The average molecular weight is 267 g/mol. The van der Waals surface area contributed by atoms with E-state index in [0.29, 0.717) is 0 Å². The summed E-state index contributed by atoms with van der Waals surface area (Å²) in [5, 5.41) is 48.4. The molecule has 0 amide bonds. The van der Waals surface area contributed by atoms with Crippen LogP contribution in [0.25, 0.3) is 0 Å². The van der Waals surface area contributed by atoms with Crippen molar-refractivity contribution in [1.29, 1.82) is 0 Å². The molecule has 0 aromatic heterocycles. The van der Waals surface area contributed by atoms with E-state index in [2.05, 4.69) is 5.18 Å². The Kier molecular flexibility index (Phi) is 6.02. The van der Waals surface area contributed by atoms with E-state index >= 15 is 0 Å². The van der Waals surface area contributed by atoms with Gasteiger partial charge in [0.1, 0.15) is 24.4 Å². The molecule has 0 bridgehead atoms. The third kappa shape index (κ3) is 3.20. The Morgan fingerprint density at radius 2 is 1.78 bits per heavy atom. The molecule has 1 heterocycles. The van der Waals surface area contributed by atoms with Gasteiger partial charge >= 0.3 is 0 Å². The van der Waals surface area contributed by atoms with Gasteiger partial charge in [0.05, 0.1) is 19.8 Å². The zero-order chi connectivity index (χ0) is 13.7. The molecule has 106 valence electrons. The standard InChI is InChI=1S/C9H17NO8/c11-1-4(2-12)17-9-6(10-16)8(15)7(14)5(3-13)18-9/h4-9,11-15H,1-3H2/t5?,6?,7-,8?,9-/m1/s1. The van der Waals surface area contributed by atoms with E-state index < -0.39 is 56.6 Å². The zero-order valence-electron chi connectivity index (χ0n) is 9.49. The maximum absolute atomic E-state index is 10.6. The van der Waals surface area contributed by atoms with Crippen LogP contribution in [0.3, 0.4) is 0 Å². The Labute approximate surface area is 103 Å². The molecule has 0 radical (unpaired) electrons. The largest absolute Gasteiger partial charge is 0.394 e. The van der Waals surface area contributed by atoms with Crippen molar-refractivity contribution < 1.29 is 35.0 Å². The van der Waals surface area contributed by atoms with Crippen LogP contribution in [0.2, 0.25) is 0 Å². The quantitative estimate of drug-likeness (QED) is 0.318. The van der Waals surface area contributed by atoms with Crippen LogP contribution in [0.4, 0.5) is 0 Å². The summed E-state index contributed by atoms with van der Waals surface area (Å²) in [4.78, 5) is 10.6. The maximum atomic E-state index is 10.6. The summed E-state index contributed by atoms with van der Waals surface area (Å²) in [5.41, 5.74) is 0. The van der Waals surface area contributed by atoms with Gasteiger partial charge in [0.2, 0.25) is 0 Å². The number of nitroso groups, excluding NO2 is 1. The van der Waals surface area contributed by atoms with E-state index in [1.165, 1.54) is 0 Å². The molecule has 5 atom stereocenters. The fourth-order valence-corrected chi connectivity index (χ4v) is 1.63. The van der Waals surface area contributed by atoms with Gasteiger partial charge in [0.25, 0.3) is 0 Å². The van der Waals surface area contributed by atoms with Crippen molar-refractivity contribution in [3.05, 3.63) is 4.91 Å². The second-order valence-electron chi connectivity index (χ2n) is 3.93. The minimum Gasteiger partial charge on any atom is -0.394 e. The van der Waals surface area contributed by atoms with Crippen LogP contribution < -0.4 is 0 Å². The zero-order valence-corrected chi connectivity index (χ0v) is 9.49. The van der Waals surface area contributed by atoms with Crippen LogP contribution in [0.5, 0.6) is 0 Å². The average Bonchev–Trinajstić information content (AvgIpc) is 2.39. The van der Waals surface area contributed by atoms with Gasteiger partial charge in [-0.05, 0) is 0 Å². The van der Waals surface area contributed by atoms with Crippen LogP contribution in [-0.2, 0) is 9.47 Å². The van der Waals surface area contributed by atoms with E-state index in [0.717, 1.165) is 0 Å². The molecule has 0 aromatic carbocycles. The molecule has 1 fully saturated rings. The Balaban J connectivity index is 2.76. The summed E-state index contributed by atoms with van der Waals surface area (Å²) in [6.45, 7) is -1.64. The van der Waals surface area contributed by atoms with Gasteiger partial charge in [-0.2, -0.15) is 4.91 Å². The smallest absolute Gasteiger partial charge is 0.187 e. The third-order valence-electron chi connectivity index (χ3n) is 2.70. The van der Waals surface area contributed by atoms with Crippen LogP contribution >= 0.6 is 0 Å². The number of ether oxygens (including phenoxy) is 2. The van der Waals surface area contributed by atoms with Crippen molar-refractivity contribution in [3.63, 3.8) is 0 Å². The molecule has 0 aromatic rings. The van der Waals surface area contributed by atoms with E-state index in [9.17, 15) is 15.1 Å². The van der Waals surface area contributed by atoms with Gasteiger partial charge in [-0.3, -0.25) is 0 Å². The number of aliphatic hydroxyl groups excluding tert-OH is 5. The second-order valence-corrected chi connectivity index (χ2v) is 3.93. The van der Waals surface area contributed by atoms with Crippen molar-refractivity contribution in [3.8, 4) is 0 Å². The number of hydrogen-bond donors (Lipinski definition) is 5. The normalized spacial score (nSPS) is 36.9. The lowest BCUT2D eigenvalue weighted by Crippen LogP contribution is -2.59. The van der Waals surface area contributed by atoms with Gasteiger partial charge in [-0.15, -0.1) is 0 Å². The summed E-state index contributed by atoms with van der Waals surface area (Å²) in [6.07, 6.45) is -6.54. The van der Waals surface area contributed by atoms with Crippen LogP contribution in [0, 0.1) is 4.91 Å². The van der Waals surface area contributed by atoms with Crippen molar-refractivity contribution in [2.45, 2.75) is 36.7 Å². The highest BCUT2D eigenvalue weighted by molar-refractivity contribution is 4.93. The molecule has 9 heteroatoms. The van der Waals surface area contributed by atoms with Crippen molar-refractivity contribution in [2.75, 3.05) is 19.8 Å². The Morgan fingerprint density at radius 1 is 1.17 bits per heavy atom.